The molecule has 4 heteroatoms. The van der Waals surface area contributed by atoms with E-state index < -0.39 is 7.42 Å². The fourth-order valence-corrected chi connectivity index (χ4v) is 5.34. The van der Waals surface area contributed by atoms with E-state index in [4.69, 9.17) is 26.9 Å². The molecule has 0 amide bonds. The van der Waals surface area contributed by atoms with Crippen LogP contribution in [0.5, 0.6) is 0 Å². The fourth-order valence-electron chi connectivity index (χ4n) is 3.94. The minimum absolute atomic E-state index is 0.444. The van der Waals surface area contributed by atoms with Crippen molar-refractivity contribution in [3.05, 3.63) is 35.4 Å². The van der Waals surface area contributed by atoms with E-state index >= 15 is 0 Å². The summed E-state index contributed by atoms with van der Waals surface area (Å²) in [5.41, 5.74) is 3.03. The predicted octanol–water partition coefficient (Wildman–Crippen LogP) is 7.33. The molecule has 0 saturated heterocycles. The van der Waals surface area contributed by atoms with Crippen LogP contribution in [-0.2, 0) is 11.2 Å². The third-order valence-corrected chi connectivity index (χ3v) is 7.77. The number of rotatable bonds is 12. The second-order valence-electron chi connectivity index (χ2n) is 7.78. The monoisotopic (exact) mass is 414 g/mol. The zero-order chi connectivity index (χ0) is 18.6. The molecule has 148 valence electrons. The largest absolute Gasteiger partial charge is 0.378 e. The van der Waals surface area contributed by atoms with Crippen molar-refractivity contribution < 1.29 is 4.74 Å². The van der Waals surface area contributed by atoms with Gasteiger partial charge in [-0.1, -0.05) is 56.9 Å². The average Bonchev–Trinajstić information content (AvgIpc) is 2.66. The lowest BCUT2D eigenvalue weighted by atomic mass is 9.82. The Bertz CT molecular complexity index is 470. The van der Waals surface area contributed by atoms with Crippen LogP contribution >= 0.6 is 22.2 Å². The van der Waals surface area contributed by atoms with Crippen LogP contribution in [0.3, 0.4) is 0 Å². The Morgan fingerprint density at radius 3 is 2.27 bits per heavy atom. The second kappa shape index (κ2) is 13.2. The minimum Gasteiger partial charge on any atom is -0.378 e. The quantitative estimate of drug-likeness (QED) is 0.197. The van der Waals surface area contributed by atoms with E-state index in [1.54, 1.807) is 0 Å². The molecule has 0 spiro atoms. The molecule has 1 nitrogen and oxygen atoms in total. The Balaban J connectivity index is 1.64. The molecule has 1 aliphatic carbocycles. The summed E-state index contributed by atoms with van der Waals surface area (Å²) in [6, 6.07) is 10.4. The van der Waals surface area contributed by atoms with Gasteiger partial charge in [-0.3, -0.25) is 0 Å². The molecular formula is C22H36Cl2OSi. The van der Waals surface area contributed by atoms with Crippen LogP contribution in [0.25, 0.3) is 0 Å². The number of ether oxygens (including phenoxy) is 1. The van der Waals surface area contributed by atoms with Gasteiger partial charge >= 0.3 is 0 Å². The Morgan fingerprint density at radius 1 is 0.923 bits per heavy atom. The number of halogens is 2. The third kappa shape index (κ3) is 8.78. The molecule has 0 N–H and O–H groups in total. The maximum absolute atomic E-state index is 6.01. The average molecular weight is 416 g/mol. The highest BCUT2D eigenvalue weighted by molar-refractivity contribution is 7.33. The van der Waals surface area contributed by atoms with E-state index in [-0.39, 0.29) is 0 Å². The van der Waals surface area contributed by atoms with E-state index in [0.29, 0.717) is 6.10 Å². The summed E-state index contributed by atoms with van der Waals surface area (Å²) in [6.45, 7) is 3.10. The first kappa shape index (κ1) is 22.3. The van der Waals surface area contributed by atoms with Crippen LogP contribution in [0, 0.1) is 0 Å². The minimum atomic E-state index is -1.45. The molecular weight excluding hydrogens is 379 g/mol. The van der Waals surface area contributed by atoms with Gasteiger partial charge in [-0.05, 0) is 68.0 Å². The van der Waals surface area contributed by atoms with Crippen molar-refractivity contribution in [3.63, 3.8) is 0 Å². The first-order chi connectivity index (χ1) is 12.7. The zero-order valence-corrected chi connectivity index (χ0v) is 19.1. The lowest BCUT2D eigenvalue weighted by Crippen LogP contribution is -2.21. The molecule has 1 aromatic rings. The standard InChI is InChI=1S/C22H36Cl2OSi/c1-2-3-4-5-6-8-19-9-11-20(12-10-19)21-13-15-22(16-14-21)25-17-7-18-26(23)24/h9-12,21-22,26H,2-8,13-18H2,1H3/t21-,22-. The Hall–Kier alpha value is -0.0231. The maximum Gasteiger partial charge on any atom is 0.237 e. The summed E-state index contributed by atoms with van der Waals surface area (Å²) in [7, 11) is -1.45. The molecule has 1 fully saturated rings. The molecule has 1 aliphatic rings. The smallest absolute Gasteiger partial charge is 0.237 e. The number of hydrogen-bond donors (Lipinski definition) is 0. The van der Waals surface area contributed by atoms with E-state index in [2.05, 4.69) is 31.2 Å². The number of benzene rings is 1. The van der Waals surface area contributed by atoms with Crippen LogP contribution in [-0.4, -0.2) is 20.1 Å². The summed E-state index contributed by atoms with van der Waals surface area (Å²) in [6.07, 6.45) is 14.4. The topological polar surface area (TPSA) is 9.23 Å². The van der Waals surface area contributed by atoms with Crippen molar-refractivity contribution in [2.45, 2.75) is 95.6 Å². The van der Waals surface area contributed by atoms with Gasteiger partial charge in [0.1, 0.15) is 0 Å². The molecule has 0 aromatic heterocycles. The van der Waals surface area contributed by atoms with Gasteiger partial charge in [0.25, 0.3) is 0 Å². The van der Waals surface area contributed by atoms with Gasteiger partial charge in [0.2, 0.25) is 7.42 Å². The van der Waals surface area contributed by atoms with Crippen LogP contribution in [0.4, 0.5) is 0 Å². The van der Waals surface area contributed by atoms with Crippen molar-refractivity contribution in [2.75, 3.05) is 6.61 Å². The lowest BCUT2D eigenvalue weighted by molar-refractivity contribution is 0.0251. The lowest BCUT2D eigenvalue weighted by Gasteiger charge is -2.29. The Kier molecular flexibility index (Phi) is 11.3. The first-order valence-corrected chi connectivity index (χ1v) is 15.0. The van der Waals surface area contributed by atoms with E-state index in [1.807, 2.05) is 0 Å². The predicted molar refractivity (Wildman–Crippen MR) is 118 cm³/mol. The van der Waals surface area contributed by atoms with E-state index in [1.165, 1.54) is 75.3 Å². The van der Waals surface area contributed by atoms with Gasteiger partial charge in [0.15, 0.2) is 0 Å². The van der Waals surface area contributed by atoms with Gasteiger partial charge in [-0.25, -0.2) is 0 Å². The fraction of sp³-hybridized carbons (Fsp3) is 0.727. The summed E-state index contributed by atoms with van der Waals surface area (Å²) >= 11 is 11.8. The molecule has 1 saturated carbocycles. The number of aryl methyl sites for hydroxylation is 1. The van der Waals surface area contributed by atoms with Crippen molar-refractivity contribution in [1.82, 2.24) is 0 Å². The van der Waals surface area contributed by atoms with Crippen LogP contribution in [0.2, 0.25) is 6.04 Å². The first-order valence-electron chi connectivity index (χ1n) is 10.7. The molecule has 0 bridgehead atoms. The highest BCUT2D eigenvalue weighted by atomic mass is 35.7. The normalized spacial score (nSPS) is 20.6. The van der Waals surface area contributed by atoms with Gasteiger partial charge in [0, 0.05) is 6.61 Å². The van der Waals surface area contributed by atoms with Crippen molar-refractivity contribution in [2.24, 2.45) is 0 Å². The molecule has 0 heterocycles. The SMILES string of the molecule is CCCCCCCc1ccc([C@H]2CC[C@H](OCCC[SiH](Cl)Cl)CC2)cc1. The van der Waals surface area contributed by atoms with Gasteiger partial charge < -0.3 is 4.74 Å². The van der Waals surface area contributed by atoms with Crippen molar-refractivity contribution in [1.29, 1.82) is 0 Å². The summed E-state index contributed by atoms with van der Waals surface area (Å²) < 4.78 is 6.01. The molecule has 1 aromatic carbocycles. The Morgan fingerprint density at radius 2 is 1.62 bits per heavy atom. The van der Waals surface area contributed by atoms with Crippen molar-refractivity contribution >= 4 is 29.6 Å². The molecule has 2 rings (SSSR count). The highest BCUT2D eigenvalue weighted by Gasteiger charge is 2.22. The zero-order valence-electron chi connectivity index (χ0n) is 16.4. The molecule has 0 radical (unpaired) electrons. The molecule has 26 heavy (non-hydrogen) atoms. The van der Waals surface area contributed by atoms with E-state index in [9.17, 15) is 0 Å². The summed E-state index contributed by atoms with van der Waals surface area (Å²) in [4.78, 5) is 0. The number of unbranched alkanes of at least 4 members (excludes halogenated alkanes) is 4. The summed E-state index contributed by atoms with van der Waals surface area (Å²) in [5.74, 6) is 0.718. The van der Waals surface area contributed by atoms with Gasteiger partial charge in [-0.2, -0.15) is 22.2 Å². The molecule has 0 unspecified atom stereocenters. The molecule has 0 aliphatic heterocycles. The van der Waals surface area contributed by atoms with Gasteiger partial charge in [0.05, 0.1) is 6.10 Å². The summed E-state index contributed by atoms with van der Waals surface area (Å²) in [5, 5.41) is 0. The Labute approximate surface area is 171 Å². The maximum atomic E-state index is 6.01. The van der Waals surface area contributed by atoms with E-state index in [0.717, 1.165) is 25.0 Å². The van der Waals surface area contributed by atoms with Crippen LogP contribution in [0.1, 0.15) is 88.2 Å². The second-order valence-corrected chi connectivity index (χ2v) is 13.0. The van der Waals surface area contributed by atoms with Crippen molar-refractivity contribution in [3.8, 4) is 0 Å². The third-order valence-electron chi connectivity index (χ3n) is 5.61. The number of hydrogen-bond acceptors (Lipinski definition) is 1. The van der Waals surface area contributed by atoms with Crippen LogP contribution in [0.15, 0.2) is 24.3 Å². The van der Waals surface area contributed by atoms with Gasteiger partial charge in [-0.15, -0.1) is 0 Å². The van der Waals surface area contributed by atoms with Crippen LogP contribution < -0.4 is 0 Å². The highest BCUT2D eigenvalue weighted by Crippen LogP contribution is 2.34. The molecule has 0 atom stereocenters.